The zero-order chi connectivity index (χ0) is 12.5. The van der Waals surface area contributed by atoms with E-state index in [1.54, 1.807) is 0 Å². The molecule has 3 rings (SSSR count). The second-order valence-electron chi connectivity index (χ2n) is 5.01. The minimum Gasteiger partial charge on any atom is -0.493 e. The fourth-order valence-electron chi connectivity index (χ4n) is 2.32. The van der Waals surface area contributed by atoms with E-state index in [4.69, 9.17) is 4.74 Å². The Hall–Kier alpha value is -1.55. The average Bonchev–Trinajstić information content (AvgIpc) is 3.20. The monoisotopic (exact) mass is 247 g/mol. The molecule has 0 aromatic heterocycles. The maximum Gasteiger partial charge on any atom is 0.223 e. The summed E-state index contributed by atoms with van der Waals surface area (Å²) in [4.78, 5) is 11.8. The van der Waals surface area contributed by atoms with Crippen LogP contribution in [0.25, 0.3) is 0 Å². The van der Waals surface area contributed by atoms with E-state index in [1.165, 1.54) is 0 Å². The number of rotatable bonds is 2. The molecule has 1 saturated carbocycles. The van der Waals surface area contributed by atoms with Crippen LogP contribution in [0.2, 0.25) is 0 Å². The molecule has 2 N–H and O–H groups in total. The van der Waals surface area contributed by atoms with E-state index >= 15 is 0 Å². The smallest absolute Gasteiger partial charge is 0.223 e. The van der Waals surface area contributed by atoms with Crippen LogP contribution < -0.4 is 10.1 Å². The topological polar surface area (TPSA) is 58.6 Å². The first-order chi connectivity index (χ1) is 8.75. The molecule has 1 heterocycles. The van der Waals surface area contributed by atoms with Crippen molar-refractivity contribution in [3.63, 3.8) is 0 Å². The molecule has 4 nitrogen and oxygen atoms in total. The number of hydrogen-bond acceptors (Lipinski definition) is 3. The summed E-state index contributed by atoms with van der Waals surface area (Å²) in [6.07, 6.45) is 1.89. The third-order valence-corrected chi connectivity index (χ3v) is 3.58. The predicted octanol–water partition coefficient (Wildman–Crippen LogP) is 1.40. The summed E-state index contributed by atoms with van der Waals surface area (Å²) in [5.74, 6) is 0.947. The van der Waals surface area contributed by atoms with Crippen molar-refractivity contribution >= 4 is 5.91 Å². The molecule has 4 heteroatoms. The molecule has 1 aliphatic heterocycles. The largest absolute Gasteiger partial charge is 0.493 e. The first-order valence-electron chi connectivity index (χ1n) is 6.46. The number of nitrogens with one attached hydrogen (secondary N) is 1. The lowest BCUT2D eigenvalue weighted by Crippen LogP contribution is -2.40. The Morgan fingerprint density at radius 1 is 1.28 bits per heavy atom. The highest BCUT2D eigenvalue weighted by Gasteiger charge is 2.34. The molecular weight excluding hydrogens is 230 g/mol. The van der Waals surface area contributed by atoms with E-state index in [9.17, 15) is 9.90 Å². The summed E-state index contributed by atoms with van der Waals surface area (Å²) in [7, 11) is 0. The Morgan fingerprint density at radius 3 is 2.83 bits per heavy atom. The van der Waals surface area contributed by atoms with Crippen LogP contribution in [-0.2, 0) is 4.79 Å². The number of aliphatic hydroxyl groups is 1. The lowest BCUT2D eigenvalue weighted by atomic mass is 10.00. The van der Waals surface area contributed by atoms with Crippen LogP contribution in [0.5, 0.6) is 5.75 Å². The number of hydrogen-bond donors (Lipinski definition) is 2. The van der Waals surface area contributed by atoms with Crippen LogP contribution in [0, 0.1) is 5.92 Å². The summed E-state index contributed by atoms with van der Waals surface area (Å²) in [5.41, 5.74) is 0.760. The van der Waals surface area contributed by atoms with Crippen LogP contribution in [0.15, 0.2) is 24.3 Å². The van der Waals surface area contributed by atoms with Gasteiger partial charge in [-0.05, 0) is 18.9 Å². The minimum absolute atomic E-state index is 0.0680. The van der Waals surface area contributed by atoms with Crippen molar-refractivity contribution in [1.29, 1.82) is 0 Å². The molecule has 2 atom stereocenters. The number of carbonyl (C=O) groups is 1. The van der Waals surface area contributed by atoms with Crippen molar-refractivity contribution in [3.8, 4) is 5.75 Å². The maximum absolute atomic E-state index is 11.8. The van der Waals surface area contributed by atoms with Gasteiger partial charge in [-0.25, -0.2) is 0 Å². The summed E-state index contributed by atoms with van der Waals surface area (Å²) in [6, 6.07) is 7.21. The van der Waals surface area contributed by atoms with Gasteiger partial charge >= 0.3 is 0 Å². The zero-order valence-electron chi connectivity index (χ0n) is 10.1. The number of fused-ring (bicyclic) bond motifs is 1. The fraction of sp³-hybridized carbons (Fsp3) is 0.500. The van der Waals surface area contributed by atoms with Gasteiger partial charge in [-0.3, -0.25) is 4.79 Å². The van der Waals surface area contributed by atoms with Gasteiger partial charge in [-0.15, -0.1) is 0 Å². The van der Waals surface area contributed by atoms with Crippen LogP contribution in [0.4, 0.5) is 0 Å². The Kier molecular flexibility index (Phi) is 2.96. The molecule has 1 aliphatic carbocycles. The molecule has 1 amide bonds. The Bertz CT molecular complexity index is 456. The van der Waals surface area contributed by atoms with Crippen LogP contribution >= 0.6 is 0 Å². The van der Waals surface area contributed by atoms with Crippen molar-refractivity contribution in [2.45, 2.75) is 31.4 Å². The molecule has 96 valence electrons. The summed E-state index contributed by atoms with van der Waals surface area (Å²) < 4.78 is 5.60. The second-order valence-corrected chi connectivity index (χ2v) is 5.01. The molecule has 1 aromatic rings. The SMILES string of the molecule is O=C(NC1CCOc2ccccc2C1O)C1CC1. The summed E-state index contributed by atoms with van der Waals surface area (Å²) in [5, 5.41) is 13.3. The zero-order valence-corrected chi connectivity index (χ0v) is 10.1. The molecule has 0 spiro atoms. The van der Waals surface area contributed by atoms with Gasteiger partial charge in [0.15, 0.2) is 0 Å². The first-order valence-corrected chi connectivity index (χ1v) is 6.46. The van der Waals surface area contributed by atoms with E-state index in [1.807, 2.05) is 24.3 Å². The van der Waals surface area contributed by atoms with Crippen LogP contribution in [0.3, 0.4) is 0 Å². The van der Waals surface area contributed by atoms with E-state index in [0.717, 1.165) is 18.4 Å². The highest BCUT2D eigenvalue weighted by Crippen LogP contribution is 2.33. The van der Waals surface area contributed by atoms with Crippen molar-refractivity contribution in [1.82, 2.24) is 5.32 Å². The summed E-state index contributed by atoms with van der Waals surface area (Å²) >= 11 is 0. The molecule has 0 saturated heterocycles. The van der Waals surface area contributed by atoms with Gasteiger partial charge in [0, 0.05) is 17.9 Å². The number of benzene rings is 1. The lowest BCUT2D eigenvalue weighted by Gasteiger charge is -2.21. The number of para-hydroxylation sites is 1. The fourth-order valence-corrected chi connectivity index (χ4v) is 2.32. The number of carbonyl (C=O) groups excluding carboxylic acids is 1. The molecule has 1 fully saturated rings. The van der Waals surface area contributed by atoms with E-state index in [0.29, 0.717) is 18.8 Å². The van der Waals surface area contributed by atoms with Gasteiger partial charge in [0.1, 0.15) is 11.9 Å². The lowest BCUT2D eigenvalue weighted by molar-refractivity contribution is -0.124. The molecule has 1 aromatic carbocycles. The molecule has 2 unspecified atom stereocenters. The van der Waals surface area contributed by atoms with E-state index in [-0.39, 0.29) is 17.9 Å². The van der Waals surface area contributed by atoms with Gasteiger partial charge in [-0.2, -0.15) is 0 Å². The minimum atomic E-state index is -0.689. The Labute approximate surface area is 106 Å². The molecule has 0 radical (unpaired) electrons. The van der Waals surface area contributed by atoms with Gasteiger partial charge in [0.2, 0.25) is 5.91 Å². The van der Waals surface area contributed by atoms with Crippen LogP contribution in [0.1, 0.15) is 30.9 Å². The van der Waals surface area contributed by atoms with Gasteiger partial charge in [0.25, 0.3) is 0 Å². The highest BCUT2D eigenvalue weighted by atomic mass is 16.5. The normalized spacial score (nSPS) is 26.7. The first kappa shape index (κ1) is 11.5. The van der Waals surface area contributed by atoms with Crippen molar-refractivity contribution < 1.29 is 14.6 Å². The van der Waals surface area contributed by atoms with Crippen molar-refractivity contribution in [3.05, 3.63) is 29.8 Å². The molecule has 0 bridgehead atoms. The van der Waals surface area contributed by atoms with Gasteiger partial charge < -0.3 is 15.2 Å². The standard InChI is InChI=1S/C14H17NO3/c16-13-10-3-1-2-4-12(10)18-8-7-11(13)15-14(17)9-5-6-9/h1-4,9,11,13,16H,5-8H2,(H,15,17). The Balaban J connectivity index is 1.77. The quantitative estimate of drug-likeness (QED) is 0.830. The third kappa shape index (κ3) is 2.20. The number of ether oxygens (including phenoxy) is 1. The Morgan fingerprint density at radius 2 is 2.06 bits per heavy atom. The number of amides is 1. The average molecular weight is 247 g/mol. The highest BCUT2D eigenvalue weighted by molar-refractivity contribution is 5.81. The van der Waals surface area contributed by atoms with Gasteiger partial charge in [0.05, 0.1) is 12.6 Å². The van der Waals surface area contributed by atoms with Gasteiger partial charge in [-0.1, -0.05) is 18.2 Å². The third-order valence-electron chi connectivity index (χ3n) is 3.58. The van der Waals surface area contributed by atoms with E-state index in [2.05, 4.69) is 5.32 Å². The molecule has 18 heavy (non-hydrogen) atoms. The second kappa shape index (κ2) is 4.61. The predicted molar refractivity (Wildman–Crippen MR) is 66.2 cm³/mol. The number of aliphatic hydroxyl groups excluding tert-OH is 1. The van der Waals surface area contributed by atoms with E-state index < -0.39 is 6.10 Å². The molecule has 2 aliphatic rings. The summed E-state index contributed by atoms with van der Waals surface area (Å²) in [6.45, 7) is 0.518. The maximum atomic E-state index is 11.8. The molecular formula is C14H17NO3. The van der Waals surface area contributed by atoms with Crippen molar-refractivity contribution in [2.75, 3.05) is 6.61 Å². The van der Waals surface area contributed by atoms with Crippen molar-refractivity contribution in [2.24, 2.45) is 5.92 Å². The van der Waals surface area contributed by atoms with Crippen LogP contribution in [-0.4, -0.2) is 23.7 Å².